The molecule has 0 aliphatic heterocycles. The number of amides is 2. The Labute approximate surface area is 185 Å². The Morgan fingerprint density at radius 2 is 1.65 bits per heavy atom. The summed E-state index contributed by atoms with van der Waals surface area (Å²) in [5.74, 6) is 0.610. The fourth-order valence-corrected chi connectivity index (χ4v) is 3.30. The van der Waals surface area contributed by atoms with Gasteiger partial charge in [-0.1, -0.05) is 43.3 Å². The third-order valence-electron chi connectivity index (χ3n) is 4.91. The van der Waals surface area contributed by atoms with Gasteiger partial charge in [-0.2, -0.15) is 0 Å². The number of carbonyl (C=O) groups excluding carboxylic acids is 2. The molecule has 2 amide bonds. The molecular formula is C25H34N2O4. The summed E-state index contributed by atoms with van der Waals surface area (Å²) in [7, 11) is 1.55. The Morgan fingerprint density at radius 3 is 2.23 bits per heavy atom. The molecule has 0 saturated carbocycles. The van der Waals surface area contributed by atoms with Crippen molar-refractivity contribution in [2.24, 2.45) is 0 Å². The first-order chi connectivity index (χ1) is 14.7. The van der Waals surface area contributed by atoms with Gasteiger partial charge in [-0.25, -0.2) is 0 Å². The highest BCUT2D eigenvalue weighted by Crippen LogP contribution is 2.26. The van der Waals surface area contributed by atoms with Gasteiger partial charge in [0.25, 0.3) is 5.91 Å². The normalized spacial score (nSPS) is 12.1. The van der Waals surface area contributed by atoms with E-state index in [2.05, 4.69) is 5.32 Å². The molecule has 0 heterocycles. The minimum Gasteiger partial charge on any atom is -0.493 e. The number of methoxy groups -OCH3 is 1. The number of rotatable bonds is 9. The van der Waals surface area contributed by atoms with E-state index < -0.39 is 11.6 Å². The van der Waals surface area contributed by atoms with Crippen molar-refractivity contribution < 1.29 is 19.1 Å². The monoisotopic (exact) mass is 426 g/mol. The van der Waals surface area contributed by atoms with Gasteiger partial charge in [0.2, 0.25) is 5.91 Å². The van der Waals surface area contributed by atoms with Crippen LogP contribution in [0.25, 0.3) is 0 Å². The molecule has 0 aliphatic rings. The third kappa shape index (κ3) is 7.02. The van der Waals surface area contributed by atoms with Gasteiger partial charge in [0.05, 0.1) is 7.11 Å². The van der Waals surface area contributed by atoms with Gasteiger partial charge in [0.1, 0.15) is 6.04 Å². The molecule has 0 bridgehead atoms. The molecule has 6 nitrogen and oxygen atoms in total. The number of aryl methyl sites for hydroxylation is 1. The van der Waals surface area contributed by atoms with Crippen molar-refractivity contribution in [2.45, 2.75) is 59.2 Å². The van der Waals surface area contributed by atoms with Crippen molar-refractivity contribution >= 4 is 11.8 Å². The lowest BCUT2D eigenvalue weighted by atomic mass is 10.0. The van der Waals surface area contributed by atoms with Gasteiger partial charge in [0.15, 0.2) is 18.1 Å². The van der Waals surface area contributed by atoms with Crippen LogP contribution in [0.2, 0.25) is 0 Å². The van der Waals surface area contributed by atoms with E-state index in [1.54, 1.807) is 24.1 Å². The number of nitrogens with zero attached hydrogens (tertiary/aromatic N) is 1. The summed E-state index contributed by atoms with van der Waals surface area (Å²) in [5.41, 5.74) is 1.67. The summed E-state index contributed by atoms with van der Waals surface area (Å²) in [6.45, 7) is 9.83. The highest BCUT2D eigenvalue weighted by atomic mass is 16.5. The molecular weight excluding hydrogens is 392 g/mol. The zero-order valence-corrected chi connectivity index (χ0v) is 19.4. The smallest absolute Gasteiger partial charge is 0.261 e. The van der Waals surface area contributed by atoms with Crippen LogP contribution in [0.5, 0.6) is 11.5 Å². The average Bonchev–Trinajstić information content (AvgIpc) is 2.72. The summed E-state index contributed by atoms with van der Waals surface area (Å²) in [5, 5.41) is 3.00. The van der Waals surface area contributed by atoms with E-state index in [4.69, 9.17) is 9.47 Å². The standard InChI is InChI=1S/C25H34N2O4/c1-7-20(24(29)26-25(3,4)5)27(16-19-13-9-8-12-18(19)2)23(28)17-31-22-15-11-10-14-21(22)30-6/h8-15,20H,7,16-17H2,1-6H3,(H,26,29). The third-order valence-corrected chi connectivity index (χ3v) is 4.91. The maximum absolute atomic E-state index is 13.3. The predicted octanol–water partition coefficient (Wildman–Crippen LogP) is 4.10. The number of hydrogen-bond donors (Lipinski definition) is 1. The molecule has 2 aromatic rings. The lowest BCUT2D eigenvalue weighted by Gasteiger charge is -2.33. The van der Waals surface area contributed by atoms with Crippen molar-refractivity contribution in [1.82, 2.24) is 10.2 Å². The van der Waals surface area contributed by atoms with Crippen molar-refractivity contribution in [3.8, 4) is 11.5 Å². The molecule has 1 atom stereocenters. The van der Waals surface area contributed by atoms with E-state index in [1.165, 1.54) is 0 Å². The lowest BCUT2D eigenvalue weighted by Crippen LogP contribution is -2.54. The zero-order chi connectivity index (χ0) is 23.0. The second kappa shape index (κ2) is 10.8. The highest BCUT2D eigenvalue weighted by molar-refractivity contribution is 5.88. The summed E-state index contributed by atoms with van der Waals surface area (Å²) in [4.78, 5) is 27.9. The molecule has 0 spiro atoms. The van der Waals surface area contributed by atoms with Gasteiger partial charge < -0.3 is 19.7 Å². The fourth-order valence-electron chi connectivity index (χ4n) is 3.30. The van der Waals surface area contributed by atoms with Crippen molar-refractivity contribution in [1.29, 1.82) is 0 Å². The van der Waals surface area contributed by atoms with Crippen molar-refractivity contribution in [3.63, 3.8) is 0 Å². The van der Waals surface area contributed by atoms with Crippen LogP contribution < -0.4 is 14.8 Å². The molecule has 1 unspecified atom stereocenters. The summed E-state index contributed by atoms with van der Waals surface area (Å²) >= 11 is 0. The summed E-state index contributed by atoms with van der Waals surface area (Å²) < 4.78 is 11.1. The molecule has 168 valence electrons. The molecule has 1 N–H and O–H groups in total. The molecule has 2 rings (SSSR count). The second-order valence-corrected chi connectivity index (χ2v) is 8.55. The number of ether oxygens (including phenoxy) is 2. The Balaban J connectivity index is 2.27. The van der Waals surface area contributed by atoms with Gasteiger partial charge >= 0.3 is 0 Å². The number of benzene rings is 2. The van der Waals surface area contributed by atoms with E-state index in [9.17, 15) is 9.59 Å². The fraction of sp³-hybridized carbons (Fsp3) is 0.440. The van der Waals surface area contributed by atoms with Gasteiger partial charge in [-0.05, 0) is 57.4 Å². The van der Waals surface area contributed by atoms with E-state index >= 15 is 0 Å². The van der Waals surface area contributed by atoms with E-state index in [0.717, 1.165) is 11.1 Å². The number of nitrogens with one attached hydrogen (secondary N) is 1. The molecule has 0 radical (unpaired) electrons. The quantitative estimate of drug-likeness (QED) is 0.655. The first-order valence-corrected chi connectivity index (χ1v) is 10.6. The van der Waals surface area contributed by atoms with E-state index in [1.807, 2.05) is 71.0 Å². The van der Waals surface area contributed by atoms with Gasteiger partial charge in [0, 0.05) is 12.1 Å². The minimum absolute atomic E-state index is 0.172. The van der Waals surface area contributed by atoms with Crippen LogP contribution >= 0.6 is 0 Å². The maximum Gasteiger partial charge on any atom is 0.261 e. The van der Waals surface area contributed by atoms with Crippen LogP contribution in [0, 0.1) is 6.92 Å². The Bertz CT molecular complexity index is 889. The zero-order valence-electron chi connectivity index (χ0n) is 19.4. The van der Waals surface area contributed by atoms with Crippen LogP contribution in [-0.4, -0.2) is 42.0 Å². The van der Waals surface area contributed by atoms with Crippen LogP contribution in [-0.2, 0) is 16.1 Å². The largest absolute Gasteiger partial charge is 0.493 e. The maximum atomic E-state index is 13.3. The first kappa shape index (κ1) is 24.3. The predicted molar refractivity (Wildman–Crippen MR) is 122 cm³/mol. The van der Waals surface area contributed by atoms with Gasteiger partial charge in [-0.15, -0.1) is 0 Å². The molecule has 31 heavy (non-hydrogen) atoms. The van der Waals surface area contributed by atoms with Crippen LogP contribution in [0.4, 0.5) is 0 Å². The van der Waals surface area contributed by atoms with Gasteiger partial charge in [-0.3, -0.25) is 9.59 Å². The summed E-state index contributed by atoms with van der Waals surface area (Å²) in [6, 6.07) is 14.4. The molecule has 0 fully saturated rings. The first-order valence-electron chi connectivity index (χ1n) is 10.6. The molecule has 0 aliphatic carbocycles. The molecule has 0 aromatic heterocycles. The second-order valence-electron chi connectivity index (χ2n) is 8.55. The highest BCUT2D eigenvalue weighted by Gasteiger charge is 2.31. The van der Waals surface area contributed by atoms with Crippen LogP contribution in [0.1, 0.15) is 45.2 Å². The minimum atomic E-state index is -0.604. The number of para-hydroxylation sites is 2. The molecule has 6 heteroatoms. The number of carbonyl (C=O) groups is 2. The summed E-state index contributed by atoms with van der Waals surface area (Å²) in [6.07, 6.45) is 0.494. The van der Waals surface area contributed by atoms with Crippen LogP contribution in [0.3, 0.4) is 0 Å². The lowest BCUT2D eigenvalue weighted by molar-refractivity contribution is -0.143. The number of hydrogen-bond acceptors (Lipinski definition) is 4. The van der Waals surface area contributed by atoms with E-state index in [0.29, 0.717) is 24.5 Å². The Hall–Kier alpha value is -3.02. The van der Waals surface area contributed by atoms with Crippen LogP contribution in [0.15, 0.2) is 48.5 Å². The van der Waals surface area contributed by atoms with Crippen molar-refractivity contribution in [2.75, 3.05) is 13.7 Å². The average molecular weight is 427 g/mol. The van der Waals surface area contributed by atoms with Crippen molar-refractivity contribution in [3.05, 3.63) is 59.7 Å². The SMILES string of the molecule is CCC(C(=O)NC(C)(C)C)N(Cc1ccccc1C)C(=O)COc1ccccc1OC. The Kier molecular flexibility index (Phi) is 8.48. The Morgan fingerprint density at radius 1 is 1.03 bits per heavy atom. The van der Waals surface area contributed by atoms with E-state index in [-0.39, 0.29) is 18.4 Å². The molecule has 2 aromatic carbocycles. The topological polar surface area (TPSA) is 67.9 Å². The molecule has 0 saturated heterocycles.